The van der Waals surface area contributed by atoms with E-state index in [0.717, 1.165) is 5.56 Å². The second kappa shape index (κ2) is 8.45. The summed E-state index contributed by atoms with van der Waals surface area (Å²) in [5, 5.41) is 2.94. The van der Waals surface area contributed by atoms with Gasteiger partial charge in [-0.15, -0.1) is 0 Å². The molecular formula is C20H18N4O3S. The summed E-state index contributed by atoms with van der Waals surface area (Å²) in [4.78, 5) is 19.8. The molecule has 0 bridgehead atoms. The number of ketones is 1. The van der Waals surface area contributed by atoms with E-state index in [1.807, 2.05) is 19.1 Å². The number of carbonyl (C=O) groups is 1. The van der Waals surface area contributed by atoms with Gasteiger partial charge in [-0.1, -0.05) is 29.8 Å². The van der Waals surface area contributed by atoms with E-state index in [2.05, 4.69) is 20.0 Å². The van der Waals surface area contributed by atoms with E-state index in [9.17, 15) is 13.2 Å². The zero-order valence-corrected chi connectivity index (χ0v) is 15.8. The Kier molecular flexibility index (Phi) is 5.81. The fourth-order valence-electron chi connectivity index (χ4n) is 2.29. The first-order chi connectivity index (χ1) is 13.4. The van der Waals surface area contributed by atoms with Crippen LogP contribution in [0.2, 0.25) is 0 Å². The lowest BCUT2D eigenvalue weighted by atomic mass is 10.1. The number of anilines is 2. The molecule has 1 heterocycles. The van der Waals surface area contributed by atoms with E-state index in [-0.39, 0.29) is 16.6 Å². The molecule has 2 aromatic carbocycles. The monoisotopic (exact) mass is 394 g/mol. The van der Waals surface area contributed by atoms with Crippen LogP contribution in [0, 0.1) is 6.92 Å². The fourth-order valence-corrected chi connectivity index (χ4v) is 3.25. The van der Waals surface area contributed by atoms with Crippen LogP contribution < -0.4 is 10.0 Å². The van der Waals surface area contributed by atoms with Crippen LogP contribution in [0.5, 0.6) is 0 Å². The number of nitrogens with zero attached hydrogens (tertiary/aromatic N) is 2. The molecule has 0 radical (unpaired) electrons. The van der Waals surface area contributed by atoms with Crippen molar-refractivity contribution in [3.05, 3.63) is 90.4 Å². The van der Waals surface area contributed by atoms with Crippen molar-refractivity contribution in [3.63, 3.8) is 0 Å². The Labute approximate surface area is 163 Å². The van der Waals surface area contributed by atoms with Gasteiger partial charge in [0.1, 0.15) is 0 Å². The van der Waals surface area contributed by atoms with E-state index < -0.39 is 10.0 Å². The predicted octanol–water partition coefficient (Wildman–Crippen LogP) is 3.39. The van der Waals surface area contributed by atoms with Crippen LogP contribution in [-0.4, -0.2) is 24.2 Å². The number of aryl methyl sites for hydroxylation is 1. The summed E-state index contributed by atoms with van der Waals surface area (Å²) in [5.41, 5.74) is 2.32. The van der Waals surface area contributed by atoms with Gasteiger partial charge >= 0.3 is 0 Å². The van der Waals surface area contributed by atoms with Crippen molar-refractivity contribution in [3.8, 4) is 0 Å². The molecule has 7 nitrogen and oxygen atoms in total. The molecule has 0 aliphatic rings. The first kappa shape index (κ1) is 19.2. The lowest BCUT2D eigenvalue weighted by Crippen LogP contribution is -2.14. The van der Waals surface area contributed by atoms with Crippen molar-refractivity contribution in [2.45, 2.75) is 11.8 Å². The van der Waals surface area contributed by atoms with Gasteiger partial charge < -0.3 is 5.32 Å². The molecule has 0 amide bonds. The van der Waals surface area contributed by atoms with Gasteiger partial charge in [-0.2, -0.15) is 0 Å². The summed E-state index contributed by atoms with van der Waals surface area (Å²) in [5.74, 6) is -0.124. The number of benzene rings is 2. The summed E-state index contributed by atoms with van der Waals surface area (Å²) in [6, 6.07) is 15.0. The number of aromatic nitrogens is 2. The lowest BCUT2D eigenvalue weighted by molar-refractivity contribution is 0.104. The Bertz CT molecular complexity index is 1080. The van der Waals surface area contributed by atoms with Gasteiger partial charge in [-0.25, -0.2) is 23.1 Å². The van der Waals surface area contributed by atoms with Crippen molar-refractivity contribution >= 4 is 27.4 Å². The first-order valence-electron chi connectivity index (χ1n) is 8.38. The standard InChI is InChI=1S/C20H18N4O3S/c1-15-3-5-16(6-4-15)19(25)11-14-21-17-7-9-18(10-8-17)28(26,27)24-20-22-12-2-13-23-20/h2-14,21H,1H3,(H,22,23,24)/b14-11-. The number of allylic oxidation sites excluding steroid dienone is 1. The van der Waals surface area contributed by atoms with Gasteiger partial charge in [0.15, 0.2) is 5.78 Å². The highest BCUT2D eigenvalue weighted by Gasteiger charge is 2.15. The minimum absolute atomic E-state index is 0.00209. The van der Waals surface area contributed by atoms with Crippen LogP contribution in [0.4, 0.5) is 11.6 Å². The normalized spacial score (nSPS) is 11.3. The first-order valence-corrected chi connectivity index (χ1v) is 9.86. The molecule has 0 aliphatic carbocycles. The van der Waals surface area contributed by atoms with Crippen LogP contribution in [0.25, 0.3) is 0 Å². The second-order valence-electron chi connectivity index (χ2n) is 5.91. The third-order valence-electron chi connectivity index (χ3n) is 3.78. The average Bonchev–Trinajstić information content (AvgIpc) is 2.69. The third kappa shape index (κ3) is 5.01. The highest BCUT2D eigenvalue weighted by molar-refractivity contribution is 7.92. The van der Waals surface area contributed by atoms with Gasteiger partial charge in [0.05, 0.1) is 4.90 Å². The maximum atomic E-state index is 12.3. The number of hydrogen-bond donors (Lipinski definition) is 2. The minimum atomic E-state index is -3.78. The van der Waals surface area contributed by atoms with Gasteiger partial charge in [0.2, 0.25) is 5.95 Å². The molecule has 3 aromatic rings. The summed E-state index contributed by atoms with van der Waals surface area (Å²) in [6.45, 7) is 1.96. The van der Waals surface area contributed by atoms with E-state index >= 15 is 0 Å². The number of rotatable bonds is 7. The molecule has 0 fully saturated rings. The summed E-state index contributed by atoms with van der Waals surface area (Å²) in [7, 11) is -3.78. The minimum Gasteiger partial charge on any atom is -0.362 e. The molecule has 1 aromatic heterocycles. The average molecular weight is 394 g/mol. The molecule has 0 unspecified atom stereocenters. The molecule has 0 spiro atoms. The van der Waals surface area contributed by atoms with Gasteiger partial charge in [0, 0.05) is 35.9 Å². The van der Waals surface area contributed by atoms with E-state index in [1.165, 1.54) is 36.8 Å². The smallest absolute Gasteiger partial charge is 0.264 e. The Hall–Kier alpha value is -3.52. The van der Waals surface area contributed by atoms with Crippen LogP contribution >= 0.6 is 0 Å². The van der Waals surface area contributed by atoms with Crippen molar-refractivity contribution in [2.24, 2.45) is 0 Å². The zero-order valence-electron chi connectivity index (χ0n) is 15.0. The van der Waals surface area contributed by atoms with E-state index in [1.54, 1.807) is 30.3 Å². The van der Waals surface area contributed by atoms with Crippen molar-refractivity contribution in [2.75, 3.05) is 10.0 Å². The third-order valence-corrected chi connectivity index (χ3v) is 5.12. The van der Waals surface area contributed by atoms with Crippen LogP contribution in [0.3, 0.4) is 0 Å². The second-order valence-corrected chi connectivity index (χ2v) is 7.59. The quantitative estimate of drug-likeness (QED) is 0.470. The number of carbonyl (C=O) groups excluding carboxylic acids is 1. The highest BCUT2D eigenvalue weighted by Crippen LogP contribution is 2.16. The van der Waals surface area contributed by atoms with Crippen molar-refractivity contribution in [1.29, 1.82) is 0 Å². The Morgan fingerprint density at radius 2 is 1.61 bits per heavy atom. The molecule has 0 atom stereocenters. The molecule has 142 valence electrons. The topological polar surface area (TPSA) is 101 Å². The van der Waals surface area contributed by atoms with E-state index in [4.69, 9.17) is 0 Å². The molecule has 0 aliphatic heterocycles. The summed E-state index contributed by atoms with van der Waals surface area (Å²) < 4.78 is 27.0. The molecule has 28 heavy (non-hydrogen) atoms. The van der Waals surface area contributed by atoms with Gasteiger partial charge in [0.25, 0.3) is 10.0 Å². The van der Waals surface area contributed by atoms with Crippen LogP contribution in [0.1, 0.15) is 15.9 Å². The molecule has 8 heteroatoms. The Balaban J connectivity index is 1.62. The molecule has 2 N–H and O–H groups in total. The van der Waals surface area contributed by atoms with Gasteiger partial charge in [-0.3, -0.25) is 4.79 Å². The predicted molar refractivity (Wildman–Crippen MR) is 108 cm³/mol. The SMILES string of the molecule is Cc1ccc(C(=O)/C=C\Nc2ccc(S(=O)(=O)Nc3ncccn3)cc2)cc1. The van der Waals surface area contributed by atoms with Crippen LogP contribution in [0.15, 0.2) is 84.2 Å². The number of hydrogen-bond acceptors (Lipinski definition) is 6. The maximum absolute atomic E-state index is 12.3. The fraction of sp³-hybridized carbons (Fsp3) is 0.0500. The summed E-state index contributed by atoms with van der Waals surface area (Å²) >= 11 is 0. The number of nitrogens with one attached hydrogen (secondary N) is 2. The Morgan fingerprint density at radius 1 is 0.964 bits per heavy atom. The largest absolute Gasteiger partial charge is 0.362 e. The molecule has 0 saturated heterocycles. The Morgan fingerprint density at radius 3 is 2.25 bits per heavy atom. The maximum Gasteiger partial charge on any atom is 0.264 e. The van der Waals surface area contributed by atoms with Crippen LogP contribution in [-0.2, 0) is 10.0 Å². The zero-order chi connectivity index (χ0) is 20.0. The highest BCUT2D eigenvalue weighted by atomic mass is 32.2. The van der Waals surface area contributed by atoms with Gasteiger partial charge in [-0.05, 0) is 37.3 Å². The van der Waals surface area contributed by atoms with Crippen molar-refractivity contribution in [1.82, 2.24) is 9.97 Å². The molecule has 0 saturated carbocycles. The summed E-state index contributed by atoms with van der Waals surface area (Å²) in [6.07, 6.45) is 5.83. The van der Waals surface area contributed by atoms with E-state index in [0.29, 0.717) is 11.3 Å². The van der Waals surface area contributed by atoms with Crippen molar-refractivity contribution < 1.29 is 13.2 Å². The molecule has 3 rings (SSSR count). The number of sulfonamides is 1. The molecular weight excluding hydrogens is 376 g/mol. The lowest BCUT2D eigenvalue weighted by Gasteiger charge is -2.07.